The second-order valence-electron chi connectivity index (χ2n) is 5.24. The Morgan fingerprint density at radius 3 is 2.39 bits per heavy atom. The van der Waals surface area contributed by atoms with Crippen LogP contribution in [0.4, 0.5) is 8.78 Å². The Balaban J connectivity index is 2.92. The van der Waals surface area contributed by atoms with Crippen molar-refractivity contribution in [1.29, 1.82) is 0 Å². The summed E-state index contributed by atoms with van der Waals surface area (Å²) in [5.41, 5.74) is 3.13. The van der Waals surface area contributed by atoms with Gasteiger partial charge in [0.05, 0.1) is 6.04 Å². The molecule has 0 aliphatic heterocycles. The number of hydrogen-bond donors (Lipinski definition) is 2. The first-order valence-electron chi connectivity index (χ1n) is 5.81. The molecule has 0 amide bonds. The molecule has 0 spiro atoms. The molecule has 0 aliphatic carbocycles. The predicted molar refractivity (Wildman–Crippen MR) is 73.4 cm³/mol. The molecule has 2 nitrogen and oxygen atoms in total. The third-order valence-electron chi connectivity index (χ3n) is 2.56. The summed E-state index contributed by atoms with van der Waals surface area (Å²) in [5.74, 6) is 4.41. The molecule has 18 heavy (non-hydrogen) atoms. The van der Waals surface area contributed by atoms with Crippen molar-refractivity contribution in [3.05, 3.63) is 34.9 Å². The molecule has 0 aliphatic rings. The topological polar surface area (TPSA) is 38.0 Å². The molecular formula is C13H20F2N2S. The second kappa shape index (κ2) is 5.99. The summed E-state index contributed by atoms with van der Waals surface area (Å²) >= 11 is 1.65. The van der Waals surface area contributed by atoms with Gasteiger partial charge in [0.25, 0.3) is 0 Å². The van der Waals surface area contributed by atoms with Crippen LogP contribution in [0.15, 0.2) is 12.1 Å². The van der Waals surface area contributed by atoms with Gasteiger partial charge in [0.15, 0.2) is 11.6 Å². The van der Waals surface area contributed by atoms with E-state index < -0.39 is 17.7 Å². The summed E-state index contributed by atoms with van der Waals surface area (Å²) in [6.07, 6.45) is 0. The van der Waals surface area contributed by atoms with Crippen molar-refractivity contribution in [2.75, 3.05) is 5.75 Å². The van der Waals surface area contributed by atoms with Crippen molar-refractivity contribution in [2.45, 2.75) is 38.5 Å². The van der Waals surface area contributed by atoms with Crippen LogP contribution in [0.3, 0.4) is 0 Å². The molecule has 1 unspecified atom stereocenters. The number of thioether (sulfide) groups is 1. The average Bonchev–Trinajstić information content (AvgIpc) is 2.28. The van der Waals surface area contributed by atoms with Crippen molar-refractivity contribution in [3.8, 4) is 0 Å². The van der Waals surface area contributed by atoms with Gasteiger partial charge in [-0.15, -0.1) is 0 Å². The smallest absolute Gasteiger partial charge is 0.163 e. The fraction of sp³-hybridized carbons (Fsp3) is 0.538. The lowest BCUT2D eigenvalue weighted by molar-refractivity contribution is 0.474. The lowest BCUT2D eigenvalue weighted by Crippen LogP contribution is -2.31. The number of halogens is 2. The number of hydrogen-bond acceptors (Lipinski definition) is 3. The number of aryl methyl sites for hydroxylation is 1. The molecule has 0 heterocycles. The van der Waals surface area contributed by atoms with E-state index in [9.17, 15) is 8.78 Å². The standard InChI is InChI=1S/C13H20F2N2S/c1-8-5-6-9(12(15)11(8)14)10(17-16)7-18-13(2,3)4/h5-6,10,17H,7,16H2,1-4H3. The molecule has 1 aromatic carbocycles. The highest BCUT2D eigenvalue weighted by Crippen LogP contribution is 2.30. The van der Waals surface area contributed by atoms with Gasteiger partial charge in [-0.05, 0) is 12.5 Å². The highest BCUT2D eigenvalue weighted by molar-refractivity contribution is 8.00. The van der Waals surface area contributed by atoms with Gasteiger partial charge >= 0.3 is 0 Å². The van der Waals surface area contributed by atoms with Gasteiger partial charge in [-0.1, -0.05) is 32.9 Å². The van der Waals surface area contributed by atoms with Gasteiger partial charge in [0.1, 0.15) is 0 Å². The quantitative estimate of drug-likeness (QED) is 0.653. The van der Waals surface area contributed by atoms with Crippen molar-refractivity contribution in [3.63, 3.8) is 0 Å². The molecule has 3 N–H and O–H groups in total. The SMILES string of the molecule is Cc1ccc(C(CSC(C)(C)C)NN)c(F)c1F. The van der Waals surface area contributed by atoms with Crippen LogP contribution in [0.5, 0.6) is 0 Å². The molecular weight excluding hydrogens is 254 g/mol. The number of nitrogens with two attached hydrogens (primary N) is 1. The Kier molecular flexibility index (Phi) is 5.13. The highest BCUT2D eigenvalue weighted by Gasteiger charge is 2.21. The molecule has 5 heteroatoms. The van der Waals surface area contributed by atoms with E-state index in [0.717, 1.165) is 0 Å². The maximum absolute atomic E-state index is 13.8. The molecule has 1 rings (SSSR count). The van der Waals surface area contributed by atoms with E-state index in [1.54, 1.807) is 23.9 Å². The van der Waals surface area contributed by atoms with Crippen molar-refractivity contribution in [2.24, 2.45) is 5.84 Å². The lowest BCUT2D eigenvalue weighted by Gasteiger charge is -2.23. The fourth-order valence-electron chi connectivity index (χ4n) is 1.49. The van der Waals surface area contributed by atoms with E-state index >= 15 is 0 Å². The van der Waals surface area contributed by atoms with Gasteiger partial charge in [-0.3, -0.25) is 11.3 Å². The number of hydrazine groups is 1. The third-order valence-corrected chi connectivity index (χ3v) is 3.93. The summed E-state index contributed by atoms with van der Waals surface area (Å²) in [4.78, 5) is 0. The molecule has 1 aromatic rings. The molecule has 0 radical (unpaired) electrons. The van der Waals surface area contributed by atoms with Gasteiger partial charge in [-0.25, -0.2) is 8.78 Å². The van der Waals surface area contributed by atoms with E-state index in [2.05, 4.69) is 26.2 Å². The normalized spacial score (nSPS) is 13.7. The first kappa shape index (κ1) is 15.4. The van der Waals surface area contributed by atoms with Crippen molar-refractivity contribution in [1.82, 2.24) is 5.43 Å². The Labute approximate surface area is 111 Å². The summed E-state index contributed by atoms with van der Waals surface area (Å²) in [6, 6.07) is 2.76. The minimum Gasteiger partial charge on any atom is -0.271 e. The third kappa shape index (κ3) is 3.93. The number of rotatable bonds is 4. The van der Waals surface area contributed by atoms with Crippen LogP contribution >= 0.6 is 11.8 Å². The molecule has 0 bridgehead atoms. The lowest BCUT2D eigenvalue weighted by atomic mass is 10.1. The van der Waals surface area contributed by atoms with Crippen LogP contribution in [0, 0.1) is 18.6 Å². The summed E-state index contributed by atoms with van der Waals surface area (Å²) in [6.45, 7) is 7.74. The van der Waals surface area contributed by atoms with Crippen LogP contribution in [0.1, 0.15) is 37.9 Å². The van der Waals surface area contributed by atoms with Gasteiger partial charge < -0.3 is 0 Å². The Morgan fingerprint density at radius 2 is 1.89 bits per heavy atom. The highest BCUT2D eigenvalue weighted by atomic mass is 32.2. The van der Waals surface area contributed by atoms with Crippen LogP contribution in [-0.2, 0) is 0 Å². The van der Waals surface area contributed by atoms with E-state index in [4.69, 9.17) is 5.84 Å². The number of benzene rings is 1. The van der Waals surface area contributed by atoms with Crippen LogP contribution in [-0.4, -0.2) is 10.5 Å². The Hall–Kier alpha value is -0.650. The predicted octanol–water partition coefficient (Wildman–Crippen LogP) is 3.31. The van der Waals surface area contributed by atoms with Crippen LogP contribution in [0.2, 0.25) is 0 Å². The summed E-state index contributed by atoms with van der Waals surface area (Å²) < 4.78 is 27.4. The van der Waals surface area contributed by atoms with Gasteiger partial charge in [-0.2, -0.15) is 11.8 Å². The molecule has 0 saturated heterocycles. The molecule has 1 atom stereocenters. The van der Waals surface area contributed by atoms with E-state index in [1.165, 1.54) is 6.92 Å². The van der Waals surface area contributed by atoms with Crippen molar-refractivity contribution < 1.29 is 8.78 Å². The minimum absolute atomic E-state index is 0.0504. The average molecular weight is 274 g/mol. The number of nitrogens with one attached hydrogen (secondary N) is 1. The van der Waals surface area contributed by atoms with E-state index in [-0.39, 0.29) is 10.3 Å². The van der Waals surface area contributed by atoms with Crippen molar-refractivity contribution >= 4 is 11.8 Å². The summed E-state index contributed by atoms with van der Waals surface area (Å²) in [5, 5.41) is 0. The molecule has 0 aromatic heterocycles. The fourth-order valence-corrected chi connectivity index (χ4v) is 2.43. The van der Waals surface area contributed by atoms with E-state index in [1.807, 2.05) is 0 Å². The maximum Gasteiger partial charge on any atom is 0.163 e. The first-order chi connectivity index (χ1) is 8.26. The first-order valence-corrected chi connectivity index (χ1v) is 6.79. The monoisotopic (exact) mass is 274 g/mol. The minimum atomic E-state index is -0.813. The van der Waals surface area contributed by atoms with Gasteiger partial charge in [0.2, 0.25) is 0 Å². The molecule has 0 saturated carbocycles. The zero-order valence-electron chi connectivity index (χ0n) is 11.2. The summed E-state index contributed by atoms with van der Waals surface area (Å²) in [7, 11) is 0. The van der Waals surface area contributed by atoms with E-state index in [0.29, 0.717) is 11.3 Å². The zero-order chi connectivity index (χ0) is 13.9. The Bertz CT molecular complexity index is 416. The Morgan fingerprint density at radius 1 is 1.28 bits per heavy atom. The second-order valence-corrected chi connectivity index (χ2v) is 7.09. The molecule has 102 valence electrons. The molecule has 0 fully saturated rings. The zero-order valence-corrected chi connectivity index (χ0v) is 12.0. The largest absolute Gasteiger partial charge is 0.271 e. The van der Waals surface area contributed by atoms with Crippen LogP contribution in [0.25, 0.3) is 0 Å². The van der Waals surface area contributed by atoms with Gasteiger partial charge in [0, 0.05) is 16.1 Å². The van der Waals surface area contributed by atoms with Crippen LogP contribution < -0.4 is 11.3 Å². The maximum atomic E-state index is 13.8.